The molecule has 0 aromatic heterocycles. The van der Waals surface area contributed by atoms with Gasteiger partial charge in [-0.2, -0.15) is 4.31 Å². The van der Waals surface area contributed by atoms with Gasteiger partial charge in [-0.3, -0.25) is 4.79 Å². The van der Waals surface area contributed by atoms with Crippen LogP contribution in [0.3, 0.4) is 0 Å². The highest BCUT2D eigenvalue weighted by atomic mass is 32.2. The Morgan fingerprint density at radius 3 is 2.13 bits per heavy atom. The van der Waals surface area contributed by atoms with Crippen molar-refractivity contribution < 1.29 is 22.7 Å². The van der Waals surface area contributed by atoms with Crippen molar-refractivity contribution in [2.75, 3.05) is 27.2 Å². The normalized spacial score (nSPS) is 12.5. The number of hydrogen-bond acceptors (Lipinski definition) is 5. The first-order valence-corrected chi connectivity index (χ1v) is 11.1. The summed E-state index contributed by atoms with van der Waals surface area (Å²) >= 11 is 0. The Bertz CT molecular complexity index is 999. The van der Waals surface area contributed by atoms with Crippen molar-refractivity contribution in [3.63, 3.8) is 0 Å². The average Bonchev–Trinajstić information content (AvgIpc) is 2.72. The van der Waals surface area contributed by atoms with Crippen molar-refractivity contribution in [1.82, 2.24) is 9.21 Å². The van der Waals surface area contributed by atoms with Crippen molar-refractivity contribution >= 4 is 21.9 Å². The zero-order valence-electron chi connectivity index (χ0n) is 18.0. The highest BCUT2D eigenvalue weighted by Crippen LogP contribution is 2.24. The Morgan fingerprint density at radius 2 is 1.60 bits per heavy atom. The molecule has 0 aliphatic heterocycles. The van der Waals surface area contributed by atoms with Gasteiger partial charge in [0.1, 0.15) is 0 Å². The molecule has 2 rings (SSSR count). The van der Waals surface area contributed by atoms with E-state index in [2.05, 4.69) is 0 Å². The molecule has 0 saturated heterocycles. The number of ether oxygens (including phenoxy) is 1. The summed E-state index contributed by atoms with van der Waals surface area (Å²) in [5, 5.41) is 0. The standard InChI is InChI=1S/C22H28N2O5S/c1-6-24(7-2)30(27,28)18-14-13-16(3)19(15-18)22(26)29-20(21(25)23(4)5)17-11-9-8-10-12-17/h8-15,20H,6-7H2,1-5H3/t20-/m1/s1. The minimum Gasteiger partial charge on any atom is -0.444 e. The number of benzene rings is 2. The number of nitrogens with zero attached hydrogens (tertiary/aromatic N) is 2. The molecule has 0 saturated carbocycles. The third kappa shape index (κ3) is 5.06. The fourth-order valence-electron chi connectivity index (χ4n) is 2.99. The van der Waals surface area contributed by atoms with Crippen LogP contribution in [0.15, 0.2) is 53.4 Å². The zero-order chi connectivity index (χ0) is 22.5. The number of carbonyl (C=O) groups excluding carboxylic acids is 2. The van der Waals surface area contributed by atoms with Gasteiger partial charge in [-0.05, 0) is 24.6 Å². The fourth-order valence-corrected chi connectivity index (χ4v) is 4.47. The Hall–Kier alpha value is -2.71. The van der Waals surface area contributed by atoms with Crippen LogP contribution in [0.1, 0.15) is 41.4 Å². The second-order valence-corrected chi connectivity index (χ2v) is 8.93. The molecule has 0 spiro atoms. The SMILES string of the molecule is CCN(CC)S(=O)(=O)c1ccc(C)c(C(=O)O[C@@H](C(=O)N(C)C)c2ccccc2)c1. The maximum absolute atomic E-state index is 13.0. The molecule has 1 amide bonds. The maximum atomic E-state index is 13.0. The van der Waals surface area contributed by atoms with Gasteiger partial charge in [-0.15, -0.1) is 0 Å². The van der Waals surface area contributed by atoms with Crippen LogP contribution in [0.4, 0.5) is 0 Å². The number of amides is 1. The molecular formula is C22H28N2O5S. The van der Waals surface area contributed by atoms with Crippen LogP contribution in [-0.2, 0) is 19.6 Å². The van der Waals surface area contributed by atoms with Crippen LogP contribution < -0.4 is 0 Å². The van der Waals surface area contributed by atoms with Crippen LogP contribution >= 0.6 is 0 Å². The molecule has 0 unspecified atom stereocenters. The number of carbonyl (C=O) groups is 2. The first-order valence-electron chi connectivity index (χ1n) is 9.71. The fraction of sp³-hybridized carbons (Fsp3) is 0.364. The summed E-state index contributed by atoms with van der Waals surface area (Å²) in [5.74, 6) is -1.15. The lowest BCUT2D eigenvalue weighted by Crippen LogP contribution is -2.32. The molecule has 8 heteroatoms. The molecule has 7 nitrogen and oxygen atoms in total. The van der Waals surface area contributed by atoms with Crippen molar-refractivity contribution in [1.29, 1.82) is 0 Å². The molecule has 0 fully saturated rings. The summed E-state index contributed by atoms with van der Waals surface area (Å²) in [6.07, 6.45) is -1.13. The summed E-state index contributed by atoms with van der Waals surface area (Å²) in [7, 11) is -0.578. The van der Waals surface area contributed by atoms with E-state index in [0.29, 0.717) is 24.2 Å². The van der Waals surface area contributed by atoms with E-state index in [1.807, 2.05) is 0 Å². The summed E-state index contributed by atoms with van der Waals surface area (Å²) < 4.78 is 32.6. The van der Waals surface area contributed by atoms with Gasteiger partial charge in [0.2, 0.25) is 16.1 Å². The molecule has 1 atom stereocenters. The Labute approximate surface area is 178 Å². The number of esters is 1. The molecule has 0 aliphatic carbocycles. The Morgan fingerprint density at radius 1 is 1.00 bits per heavy atom. The third-order valence-electron chi connectivity index (χ3n) is 4.76. The molecule has 0 N–H and O–H groups in total. The Kier molecular flexibility index (Phi) is 7.75. The number of likely N-dealkylation sites (N-methyl/N-ethyl adjacent to an activating group) is 1. The van der Waals surface area contributed by atoms with Crippen molar-refractivity contribution in [2.45, 2.75) is 31.8 Å². The second-order valence-electron chi connectivity index (χ2n) is 6.99. The molecule has 2 aromatic carbocycles. The third-order valence-corrected chi connectivity index (χ3v) is 6.81. The van der Waals surface area contributed by atoms with Gasteiger partial charge in [-0.25, -0.2) is 13.2 Å². The topological polar surface area (TPSA) is 84.0 Å². The van der Waals surface area contributed by atoms with Gasteiger partial charge in [0.15, 0.2) is 0 Å². The largest absolute Gasteiger partial charge is 0.444 e. The summed E-state index contributed by atoms with van der Waals surface area (Å²) in [6.45, 7) is 5.83. The predicted molar refractivity (Wildman–Crippen MR) is 115 cm³/mol. The number of sulfonamides is 1. The van der Waals surface area contributed by atoms with Gasteiger partial charge in [0.05, 0.1) is 10.5 Å². The number of rotatable bonds is 8. The quantitative estimate of drug-likeness (QED) is 0.599. The highest BCUT2D eigenvalue weighted by Gasteiger charge is 2.29. The van der Waals surface area contributed by atoms with E-state index in [0.717, 1.165) is 0 Å². The summed E-state index contributed by atoms with van der Waals surface area (Å²) in [6, 6.07) is 13.1. The number of hydrogen-bond donors (Lipinski definition) is 0. The van der Waals surface area contributed by atoms with Gasteiger partial charge < -0.3 is 9.64 Å². The van der Waals surface area contributed by atoms with E-state index in [4.69, 9.17) is 4.74 Å². The first kappa shape index (κ1) is 23.6. The molecular weight excluding hydrogens is 404 g/mol. The van der Waals surface area contributed by atoms with Gasteiger partial charge in [0, 0.05) is 32.7 Å². The lowest BCUT2D eigenvalue weighted by atomic mass is 10.1. The minimum absolute atomic E-state index is 0.0129. The molecule has 162 valence electrons. The summed E-state index contributed by atoms with van der Waals surface area (Å²) in [4.78, 5) is 27.0. The van der Waals surface area contributed by atoms with Crippen molar-refractivity contribution in [3.8, 4) is 0 Å². The van der Waals surface area contributed by atoms with E-state index in [1.54, 1.807) is 71.3 Å². The van der Waals surface area contributed by atoms with Crippen LogP contribution in [0, 0.1) is 6.92 Å². The van der Waals surface area contributed by atoms with E-state index < -0.39 is 22.1 Å². The zero-order valence-corrected chi connectivity index (χ0v) is 18.8. The molecule has 2 aromatic rings. The lowest BCUT2D eigenvalue weighted by Gasteiger charge is -2.22. The molecule has 0 bridgehead atoms. The first-order chi connectivity index (χ1) is 14.1. The summed E-state index contributed by atoms with van der Waals surface area (Å²) in [5.41, 5.74) is 1.20. The van der Waals surface area contributed by atoms with Crippen molar-refractivity contribution in [3.05, 3.63) is 65.2 Å². The van der Waals surface area contributed by atoms with Crippen LogP contribution in [0.2, 0.25) is 0 Å². The molecule has 0 heterocycles. The van der Waals surface area contributed by atoms with Crippen LogP contribution in [0.25, 0.3) is 0 Å². The lowest BCUT2D eigenvalue weighted by molar-refractivity contribution is -0.138. The van der Waals surface area contributed by atoms with Gasteiger partial charge in [0.25, 0.3) is 5.91 Å². The minimum atomic E-state index is -3.73. The van der Waals surface area contributed by atoms with E-state index in [-0.39, 0.29) is 16.4 Å². The van der Waals surface area contributed by atoms with E-state index >= 15 is 0 Å². The molecule has 30 heavy (non-hydrogen) atoms. The smallest absolute Gasteiger partial charge is 0.339 e. The van der Waals surface area contributed by atoms with Crippen LogP contribution in [0.5, 0.6) is 0 Å². The molecule has 0 aliphatic rings. The Balaban J connectivity index is 2.43. The maximum Gasteiger partial charge on any atom is 0.339 e. The number of aryl methyl sites for hydroxylation is 1. The monoisotopic (exact) mass is 432 g/mol. The van der Waals surface area contributed by atoms with Crippen LogP contribution in [-0.4, -0.2) is 56.7 Å². The highest BCUT2D eigenvalue weighted by molar-refractivity contribution is 7.89. The molecule has 0 radical (unpaired) electrons. The second kappa shape index (κ2) is 9.86. The van der Waals surface area contributed by atoms with Gasteiger partial charge in [-0.1, -0.05) is 50.2 Å². The predicted octanol–water partition coefficient (Wildman–Crippen LogP) is 3.01. The van der Waals surface area contributed by atoms with E-state index in [1.165, 1.54) is 21.3 Å². The average molecular weight is 433 g/mol. The van der Waals surface area contributed by atoms with Gasteiger partial charge >= 0.3 is 5.97 Å². The van der Waals surface area contributed by atoms with E-state index in [9.17, 15) is 18.0 Å². The van der Waals surface area contributed by atoms with Crippen molar-refractivity contribution in [2.24, 2.45) is 0 Å².